The standard InChI is InChI=1S/C14H16N2O2/c1-2-4-12(5-3-1)9-16-10-14(8-15-16)18-13-6-7-17-11-13/h1-5,8,10,13H,6-7,9,11H2. The number of nitrogens with zero attached hydrogens (tertiary/aromatic N) is 2. The highest BCUT2D eigenvalue weighted by Crippen LogP contribution is 2.16. The molecule has 1 fully saturated rings. The summed E-state index contributed by atoms with van der Waals surface area (Å²) in [6.07, 6.45) is 4.84. The average molecular weight is 244 g/mol. The largest absolute Gasteiger partial charge is 0.485 e. The monoisotopic (exact) mass is 244 g/mol. The van der Waals surface area contributed by atoms with Gasteiger partial charge in [-0.2, -0.15) is 5.10 Å². The van der Waals surface area contributed by atoms with E-state index < -0.39 is 0 Å². The number of aromatic nitrogens is 2. The van der Waals surface area contributed by atoms with Crippen LogP contribution in [-0.2, 0) is 11.3 Å². The van der Waals surface area contributed by atoms with Crippen LogP contribution in [0.25, 0.3) is 0 Å². The topological polar surface area (TPSA) is 36.3 Å². The van der Waals surface area contributed by atoms with Gasteiger partial charge in [0.1, 0.15) is 6.10 Å². The smallest absolute Gasteiger partial charge is 0.157 e. The zero-order valence-electron chi connectivity index (χ0n) is 10.2. The Bertz CT molecular complexity index is 490. The van der Waals surface area contributed by atoms with Crippen LogP contribution in [0.15, 0.2) is 42.7 Å². The molecule has 94 valence electrons. The van der Waals surface area contributed by atoms with E-state index >= 15 is 0 Å². The maximum Gasteiger partial charge on any atom is 0.157 e. The molecule has 0 N–H and O–H groups in total. The predicted octanol–water partition coefficient (Wildman–Crippen LogP) is 2.10. The zero-order chi connectivity index (χ0) is 12.2. The first-order valence-corrected chi connectivity index (χ1v) is 6.21. The van der Waals surface area contributed by atoms with E-state index in [0.29, 0.717) is 6.61 Å². The van der Waals surface area contributed by atoms with Gasteiger partial charge in [0, 0.05) is 6.42 Å². The SMILES string of the molecule is c1ccc(Cn2cc(OC3CCOC3)cn2)cc1. The maximum atomic E-state index is 5.79. The first kappa shape index (κ1) is 11.3. The quantitative estimate of drug-likeness (QED) is 0.826. The molecule has 1 aromatic carbocycles. The van der Waals surface area contributed by atoms with Crippen molar-refractivity contribution in [2.24, 2.45) is 0 Å². The number of rotatable bonds is 4. The number of hydrogen-bond donors (Lipinski definition) is 0. The molecule has 0 amide bonds. The van der Waals surface area contributed by atoms with Crippen molar-refractivity contribution in [1.29, 1.82) is 0 Å². The van der Waals surface area contributed by atoms with Crippen molar-refractivity contribution in [3.8, 4) is 5.75 Å². The van der Waals surface area contributed by atoms with Crippen LogP contribution < -0.4 is 4.74 Å². The lowest BCUT2D eigenvalue weighted by molar-refractivity contribution is 0.141. The van der Waals surface area contributed by atoms with Crippen molar-refractivity contribution in [3.63, 3.8) is 0 Å². The van der Waals surface area contributed by atoms with Gasteiger partial charge in [-0.05, 0) is 5.56 Å². The molecule has 0 radical (unpaired) electrons. The predicted molar refractivity (Wildman–Crippen MR) is 67.6 cm³/mol. The fourth-order valence-electron chi connectivity index (χ4n) is 2.06. The molecule has 2 heterocycles. The summed E-state index contributed by atoms with van der Waals surface area (Å²) in [4.78, 5) is 0. The fourth-order valence-corrected chi connectivity index (χ4v) is 2.06. The second-order valence-corrected chi connectivity index (χ2v) is 4.46. The summed E-state index contributed by atoms with van der Waals surface area (Å²) in [5.74, 6) is 0.821. The van der Waals surface area contributed by atoms with Gasteiger partial charge in [0.2, 0.25) is 0 Å². The lowest BCUT2D eigenvalue weighted by Crippen LogP contribution is -2.15. The van der Waals surface area contributed by atoms with Gasteiger partial charge in [0.05, 0.1) is 32.2 Å². The third-order valence-corrected chi connectivity index (χ3v) is 2.99. The summed E-state index contributed by atoms with van der Waals surface area (Å²) in [6.45, 7) is 2.25. The van der Waals surface area contributed by atoms with Crippen molar-refractivity contribution in [2.75, 3.05) is 13.2 Å². The fraction of sp³-hybridized carbons (Fsp3) is 0.357. The van der Waals surface area contributed by atoms with Crippen LogP contribution in [0.1, 0.15) is 12.0 Å². The molecular formula is C14H16N2O2. The van der Waals surface area contributed by atoms with E-state index in [2.05, 4.69) is 17.2 Å². The molecule has 1 unspecified atom stereocenters. The second-order valence-electron chi connectivity index (χ2n) is 4.46. The molecule has 0 spiro atoms. The van der Waals surface area contributed by atoms with E-state index in [1.165, 1.54) is 5.56 Å². The maximum absolute atomic E-state index is 5.79. The van der Waals surface area contributed by atoms with E-state index in [4.69, 9.17) is 9.47 Å². The molecule has 1 aliphatic heterocycles. The Hall–Kier alpha value is -1.81. The minimum atomic E-state index is 0.180. The molecule has 0 bridgehead atoms. The molecule has 0 saturated carbocycles. The van der Waals surface area contributed by atoms with Crippen LogP contribution in [0, 0.1) is 0 Å². The molecule has 18 heavy (non-hydrogen) atoms. The third kappa shape index (κ3) is 2.71. The first-order valence-electron chi connectivity index (χ1n) is 6.21. The molecule has 1 atom stereocenters. The lowest BCUT2D eigenvalue weighted by Gasteiger charge is -2.08. The van der Waals surface area contributed by atoms with Gasteiger partial charge < -0.3 is 9.47 Å². The number of hydrogen-bond acceptors (Lipinski definition) is 3. The highest BCUT2D eigenvalue weighted by molar-refractivity contribution is 5.17. The molecular weight excluding hydrogens is 228 g/mol. The van der Waals surface area contributed by atoms with Crippen molar-refractivity contribution >= 4 is 0 Å². The molecule has 1 aliphatic rings. The molecule has 4 nitrogen and oxygen atoms in total. The van der Waals surface area contributed by atoms with Gasteiger partial charge in [-0.25, -0.2) is 0 Å². The van der Waals surface area contributed by atoms with E-state index in [0.717, 1.165) is 25.3 Å². The van der Waals surface area contributed by atoms with Gasteiger partial charge >= 0.3 is 0 Å². The molecule has 1 aromatic heterocycles. The molecule has 2 aromatic rings. The van der Waals surface area contributed by atoms with Crippen LogP contribution in [-0.4, -0.2) is 29.1 Å². The number of ether oxygens (including phenoxy) is 2. The van der Waals surface area contributed by atoms with Gasteiger partial charge in [-0.1, -0.05) is 30.3 Å². The van der Waals surface area contributed by atoms with Crippen LogP contribution in [0.3, 0.4) is 0 Å². The van der Waals surface area contributed by atoms with Crippen LogP contribution in [0.2, 0.25) is 0 Å². The Kier molecular flexibility index (Phi) is 3.28. The van der Waals surface area contributed by atoms with E-state index in [9.17, 15) is 0 Å². The Labute approximate surface area is 106 Å². The van der Waals surface area contributed by atoms with Crippen molar-refractivity contribution in [2.45, 2.75) is 19.1 Å². The minimum absolute atomic E-state index is 0.180. The average Bonchev–Trinajstić information content (AvgIpc) is 3.03. The van der Waals surface area contributed by atoms with Gasteiger partial charge in [-0.15, -0.1) is 0 Å². The minimum Gasteiger partial charge on any atom is -0.485 e. The third-order valence-electron chi connectivity index (χ3n) is 2.99. The summed E-state index contributed by atoms with van der Waals surface area (Å²) >= 11 is 0. The van der Waals surface area contributed by atoms with Crippen molar-refractivity contribution in [1.82, 2.24) is 9.78 Å². The summed E-state index contributed by atoms with van der Waals surface area (Å²) in [5, 5.41) is 4.30. The summed E-state index contributed by atoms with van der Waals surface area (Å²) < 4.78 is 13.0. The van der Waals surface area contributed by atoms with Crippen LogP contribution in [0.4, 0.5) is 0 Å². The Morgan fingerprint density at radius 2 is 2.22 bits per heavy atom. The Morgan fingerprint density at radius 3 is 3.00 bits per heavy atom. The number of benzene rings is 1. The lowest BCUT2D eigenvalue weighted by atomic mass is 10.2. The van der Waals surface area contributed by atoms with E-state index in [-0.39, 0.29) is 6.10 Å². The molecule has 3 rings (SSSR count). The van der Waals surface area contributed by atoms with Gasteiger partial charge in [0.15, 0.2) is 5.75 Å². The van der Waals surface area contributed by atoms with Crippen LogP contribution in [0.5, 0.6) is 5.75 Å². The van der Waals surface area contributed by atoms with Crippen molar-refractivity contribution < 1.29 is 9.47 Å². The van der Waals surface area contributed by atoms with Crippen LogP contribution >= 0.6 is 0 Å². The summed E-state index contributed by atoms with van der Waals surface area (Å²) in [6, 6.07) is 10.3. The Balaban J connectivity index is 1.62. The first-order chi connectivity index (χ1) is 8.90. The normalized spacial score (nSPS) is 19.0. The molecule has 4 heteroatoms. The Morgan fingerprint density at radius 1 is 1.33 bits per heavy atom. The zero-order valence-corrected chi connectivity index (χ0v) is 10.2. The molecule has 1 saturated heterocycles. The highest BCUT2D eigenvalue weighted by atomic mass is 16.5. The highest BCUT2D eigenvalue weighted by Gasteiger charge is 2.17. The molecule has 0 aliphatic carbocycles. The van der Waals surface area contributed by atoms with E-state index in [1.54, 1.807) is 6.20 Å². The van der Waals surface area contributed by atoms with Gasteiger partial charge in [0.25, 0.3) is 0 Å². The van der Waals surface area contributed by atoms with E-state index in [1.807, 2.05) is 29.1 Å². The summed E-state index contributed by atoms with van der Waals surface area (Å²) in [5.41, 5.74) is 1.23. The summed E-state index contributed by atoms with van der Waals surface area (Å²) in [7, 11) is 0. The van der Waals surface area contributed by atoms with Crippen molar-refractivity contribution in [3.05, 3.63) is 48.3 Å². The second kappa shape index (κ2) is 5.23. The van der Waals surface area contributed by atoms with Gasteiger partial charge in [-0.3, -0.25) is 4.68 Å².